The van der Waals surface area contributed by atoms with Crippen LogP contribution in [-0.2, 0) is 13.1 Å². The molecule has 2 heterocycles. The van der Waals surface area contributed by atoms with Crippen LogP contribution >= 0.6 is 11.6 Å². The molecule has 0 saturated heterocycles. The second kappa shape index (κ2) is 5.89. The molecule has 18 heavy (non-hydrogen) atoms. The lowest BCUT2D eigenvalue weighted by atomic mass is 10.3. The van der Waals surface area contributed by atoms with Crippen molar-refractivity contribution in [1.29, 1.82) is 0 Å². The molecule has 0 atom stereocenters. The molecule has 0 N–H and O–H groups in total. The zero-order valence-corrected chi connectivity index (χ0v) is 11.2. The average molecular weight is 263 g/mol. The lowest BCUT2D eigenvalue weighted by Gasteiger charge is -2.15. The third kappa shape index (κ3) is 3.75. The molecule has 0 spiro atoms. The first kappa shape index (κ1) is 12.9. The number of aryl methyl sites for hydroxylation is 1. The molecule has 94 valence electrons. The first-order valence-electron chi connectivity index (χ1n) is 5.71. The number of nitrogens with zero attached hydrogens (tertiary/aromatic N) is 4. The number of hydrogen-bond donors (Lipinski definition) is 0. The van der Waals surface area contributed by atoms with Gasteiger partial charge >= 0.3 is 0 Å². The van der Waals surface area contributed by atoms with Crippen molar-refractivity contribution in [1.82, 2.24) is 19.9 Å². The topological polar surface area (TPSA) is 41.9 Å². The Labute approximate surface area is 112 Å². The van der Waals surface area contributed by atoms with Gasteiger partial charge in [-0.05, 0) is 26.1 Å². The van der Waals surface area contributed by atoms with E-state index in [2.05, 4.69) is 19.9 Å². The smallest absolute Gasteiger partial charge is 0.147 e. The molecule has 0 amide bonds. The molecule has 0 unspecified atom stereocenters. The summed E-state index contributed by atoms with van der Waals surface area (Å²) in [6, 6.07) is 6.04. The van der Waals surface area contributed by atoms with Crippen LogP contribution in [0.3, 0.4) is 0 Å². The maximum Gasteiger partial charge on any atom is 0.147 e. The molecular weight excluding hydrogens is 248 g/mol. The summed E-state index contributed by atoms with van der Waals surface area (Å²) in [6.45, 7) is 3.50. The van der Waals surface area contributed by atoms with Gasteiger partial charge in [0, 0.05) is 18.8 Å². The largest absolute Gasteiger partial charge is 0.295 e. The second-order valence-corrected chi connectivity index (χ2v) is 4.66. The quantitative estimate of drug-likeness (QED) is 0.849. The van der Waals surface area contributed by atoms with E-state index in [0.29, 0.717) is 5.15 Å². The molecule has 4 nitrogen and oxygen atoms in total. The Kier molecular flexibility index (Phi) is 4.23. The molecule has 0 saturated carbocycles. The van der Waals surface area contributed by atoms with Crippen molar-refractivity contribution >= 4 is 11.6 Å². The van der Waals surface area contributed by atoms with Gasteiger partial charge in [-0.25, -0.2) is 4.98 Å². The molecule has 2 rings (SSSR count). The molecule has 0 aliphatic rings. The van der Waals surface area contributed by atoms with Crippen LogP contribution in [0.1, 0.15) is 17.1 Å². The van der Waals surface area contributed by atoms with Gasteiger partial charge in [-0.15, -0.1) is 0 Å². The summed E-state index contributed by atoms with van der Waals surface area (Å²) >= 11 is 5.70. The Balaban J connectivity index is 1.96. The van der Waals surface area contributed by atoms with Gasteiger partial charge in [0.2, 0.25) is 0 Å². The standard InChI is InChI=1S/C13H15ClN4/c1-10-4-3-5-11(17-10)8-18(2)9-12-6-16-13(14)7-15-12/h3-7H,8-9H2,1-2H3. The molecule has 0 aliphatic heterocycles. The predicted octanol–water partition coefficient (Wildman–Crippen LogP) is 2.47. The fourth-order valence-corrected chi connectivity index (χ4v) is 1.81. The monoisotopic (exact) mass is 262 g/mol. The third-order valence-corrected chi connectivity index (χ3v) is 2.68. The van der Waals surface area contributed by atoms with E-state index >= 15 is 0 Å². The van der Waals surface area contributed by atoms with Crippen molar-refractivity contribution in [2.24, 2.45) is 0 Å². The van der Waals surface area contributed by atoms with E-state index in [0.717, 1.165) is 30.2 Å². The second-order valence-electron chi connectivity index (χ2n) is 4.27. The summed E-state index contributed by atoms with van der Waals surface area (Å²) in [5.74, 6) is 0. The van der Waals surface area contributed by atoms with E-state index in [9.17, 15) is 0 Å². The summed E-state index contributed by atoms with van der Waals surface area (Å²) < 4.78 is 0. The van der Waals surface area contributed by atoms with Crippen LogP contribution in [0.2, 0.25) is 5.15 Å². The lowest BCUT2D eigenvalue weighted by Crippen LogP contribution is -2.18. The van der Waals surface area contributed by atoms with Crippen LogP contribution in [0, 0.1) is 6.92 Å². The van der Waals surface area contributed by atoms with Crippen molar-refractivity contribution < 1.29 is 0 Å². The van der Waals surface area contributed by atoms with Gasteiger partial charge in [-0.1, -0.05) is 17.7 Å². The maximum absolute atomic E-state index is 5.70. The normalized spacial score (nSPS) is 10.9. The summed E-state index contributed by atoms with van der Waals surface area (Å²) in [5, 5.41) is 0.418. The highest BCUT2D eigenvalue weighted by Gasteiger charge is 2.04. The molecule has 2 aromatic rings. The maximum atomic E-state index is 5.70. The summed E-state index contributed by atoms with van der Waals surface area (Å²) in [7, 11) is 2.03. The summed E-state index contributed by atoms with van der Waals surface area (Å²) in [4.78, 5) is 14.8. The third-order valence-electron chi connectivity index (χ3n) is 2.48. The molecule has 0 bridgehead atoms. The van der Waals surface area contributed by atoms with E-state index in [4.69, 9.17) is 11.6 Å². The van der Waals surface area contributed by atoms with Crippen LogP contribution in [-0.4, -0.2) is 26.9 Å². The zero-order chi connectivity index (χ0) is 13.0. The van der Waals surface area contributed by atoms with Gasteiger partial charge in [0.1, 0.15) is 5.15 Å². The lowest BCUT2D eigenvalue weighted by molar-refractivity contribution is 0.310. The van der Waals surface area contributed by atoms with Crippen molar-refractivity contribution in [3.63, 3.8) is 0 Å². The SMILES string of the molecule is Cc1cccc(CN(C)Cc2cnc(Cl)cn2)n1. The van der Waals surface area contributed by atoms with Crippen LogP contribution in [0.25, 0.3) is 0 Å². The molecule has 5 heteroatoms. The Morgan fingerprint density at radius 3 is 2.56 bits per heavy atom. The van der Waals surface area contributed by atoms with Gasteiger partial charge in [-0.2, -0.15) is 0 Å². The van der Waals surface area contributed by atoms with Crippen molar-refractivity contribution in [3.05, 3.63) is 52.8 Å². The van der Waals surface area contributed by atoms with E-state index in [1.54, 1.807) is 12.4 Å². The number of aromatic nitrogens is 3. The van der Waals surface area contributed by atoms with Crippen molar-refractivity contribution in [3.8, 4) is 0 Å². The number of halogens is 1. The van der Waals surface area contributed by atoms with Crippen LogP contribution in [0.4, 0.5) is 0 Å². The summed E-state index contributed by atoms with van der Waals surface area (Å²) in [5.41, 5.74) is 2.99. The summed E-state index contributed by atoms with van der Waals surface area (Å²) in [6.07, 6.45) is 3.26. The minimum absolute atomic E-state index is 0.418. The highest BCUT2D eigenvalue weighted by molar-refractivity contribution is 6.29. The number of rotatable bonds is 4. The Morgan fingerprint density at radius 2 is 1.89 bits per heavy atom. The minimum Gasteiger partial charge on any atom is -0.295 e. The van der Waals surface area contributed by atoms with Gasteiger partial charge in [-0.3, -0.25) is 14.9 Å². The molecule has 0 radical (unpaired) electrons. The molecule has 0 aliphatic carbocycles. The Hall–Kier alpha value is -1.52. The molecule has 2 aromatic heterocycles. The fraction of sp³-hybridized carbons (Fsp3) is 0.308. The minimum atomic E-state index is 0.418. The van der Waals surface area contributed by atoms with Crippen LogP contribution in [0.5, 0.6) is 0 Å². The van der Waals surface area contributed by atoms with Crippen LogP contribution in [0.15, 0.2) is 30.6 Å². The molecular formula is C13H15ClN4. The van der Waals surface area contributed by atoms with Crippen molar-refractivity contribution in [2.75, 3.05) is 7.05 Å². The van der Waals surface area contributed by atoms with Crippen LogP contribution < -0.4 is 0 Å². The number of pyridine rings is 1. The van der Waals surface area contributed by atoms with E-state index < -0.39 is 0 Å². The van der Waals surface area contributed by atoms with Gasteiger partial charge in [0.15, 0.2) is 0 Å². The average Bonchev–Trinajstić information content (AvgIpc) is 2.32. The zero-order valence-electron chi connectivity index (χ0n) is 10.5. The Morgan fingerprint density at radius 1 is 1.11 bits per heavy atom. The van der Waals surface area contributed by atoms with Gasteiger partial charge in [0.25, 0.3) is 0 Å². The predicted molar refractivity (Wildman–Crippen MR) is 71.2 cm³/mol. The van der Waals surface area contributed by atoms with E-state index in [1.807, 2.05) is 32.2 Å². The van der Waals surface area contributed by atoms with Crippen molar-refractivity contribution in [2.45, 2.75) is 20.0 Å². The molecule has 0 fully saturated rings. The first-order valence-corrected chi connectivity index (χ1v) is 6.09. The van der Waals surface area contributed by atoms with Gasteiger partial charge in [0.05, 0.1) is 23.8 Å². The highest BCUT2D eigenvalue weighted by Crippen LogP contribution is 2.06. The fourth-order valence-electron chi connectivity index (χ4n) is 1.72. The van der Waals surface area contributed by atoms with E-state index in [1.165, 1.54) is 0 Å². The first-order chi connectivity index (χ1) is 8.63. The van der Waals surface area contributed by atoms with E-state index in [-0.39, 0.29) is 0 Å². The molecule has 0 aromatic carbocycles. The van der Waals surface area contributed by atoms with Gasteiger partial charge < -0.3 is 0 Å². The highest BCUT2D eigenvalue weighted by atomic mass is 35.5. The Bertz CT molecular complexity index is 513. The number of hydrogen-bond acceptors (Lipinski definition) is 4.